The molecule has 6 nitrogen and oxygen atoms in total. The summed E-state index contributed by atoms with van der Waals surface area (Å²) in [5.74, 6) is 1.33. The van der Waals surface area contributed by atoms with Crippen molar-refractivity contribution in [2.75, 3.05) is 25.0 Å². The van der Waals surface area contributed by atoms with Crippen LogP contribution in [0, 0.1) is 5.92 Å². The van der Waals surface area contributed by atoms with Crippen LogP contribution < -0.4 is 4.90 Å². The topological polar surface area (TPSA) is 62.5 Å². The molecule has 1 amide bonds. The summed E-state index contributed by atoms with van der Waals surface area (Å²) in [5.41, 5.74) is 1.86. The van der Waals surface area contributed by atoms with E-state index in [0.29, 0.717) is 24.8 Å². The van der Waals surface area contributed by atoms with Gasteiger partial charge in [0.05, 0.1) is 12.5 Å². The number of amides is 1. The number of nitrogens with zero attached hydrogens (tertiary/aromatic N) is 4. The van der Waals surface area contributed by atoms with E-state index in [-0.39, 0.29) is 11.8 Å². The maximum Gasteiger partial charge on any atom is 0.241 e. The standard InChI is InChI=1S/C22H24N4O2/c1-25(19-12-6-3-7-13-19)22(27)18-11-8-14-26(15-18)16-20-23-21(24-28-20)17-9-4-2-5-10-17/h2-7,9-10,12-13,18H,8,11,14-16H2,1H3. The van der Waals surface area contributed by atoms with Gasteiger partial charge in [-0.2, -0.15) is 4.98 Å². The molecule has 1 atom stereocenters. The van der Waals surface area contributed by atoms with Crippen molar-refractivity contribution in [1.29, 1.82) is 0 Å². The zero-order valence-corrected chi connectivity index (χ0v) is 16.0. The molecule has 1 aromatic heterocycles. The van der Waals surface area contributed by atoms with Gasteiger partial charge < -0.3 is 9.42 Å². The van der Waals surface area contributed by atoms with E-state index in [1.165, 1.54) is 0 Å². The average molecular weight is 376 g/mol. The monoisotopic (exact) mass is 376 g/mol. The lowest BCUT2D eigenvalue weighted by Gasteiger charge is -2.33. The minimum atomic E-state index is -0.0181. The van der Waals surface area contributed by atoms with Crippen molar-refractivity contribution in [3.05, 3.63) is 66.6 Å². The van der Waals surface area contributed by atoms with Gasteiger partial charge in [0.1, 0.15) is 0 Å². The molecule has 2 aromatic carbocycles. The first-order valence-corrected chi connectivity index (χ1v) is 9.63. The highest BCUT2D eigenvalue weighted by molar-refractivity contribution is 5.94. The van der Waals surface area contributed by atoms with Crippen LogP contribution in [0.1, 0.15) is 18.7 Å². The van der Waals surface area contributed by atoms with Crippen LogP contribution in [-0.4, -0.2) is 41.1 Å². The summed E-state index contributed by atoms with van der Waals surface area (Å²) < 4.78 is 5.44. The number of hydrogen-bond acceptors (Lipinski definition) is 5. The van der Waals surface area contributed by atoms with Gasteiger partial charge in [0.25, 0.3) is 0 Å². The maximum atomic E-state index is 12.9. The number of carbonyl (C=O) groups excluding carboxylic acids is 1. The van der Waals surface area contributed by atoms with Crippen LogP contribution in [0.5, 0.6) is 0 Å². The molecule has 2 heterocycles. The Morgan fingerprint density at radius 3 is 2.61 bits per heavy atom. The number of para-hydroxylation sites is 1. The number of carbonyl (C=O) groups is 1. The fraction of sp³-hybridized carbons (Fsp3) is 0.318. The molecule has 28 heavy (non-hydrogen) atoms. The minimum Gasteiger partial charge on any atom is -0.338 e. The van der Waals surface area contributed by atoms with Crippen molar-refractivity contribution < 1.29 is 9.32 Å². The predicted octanol–water partition coefficient (Wildman–Crippen LogP) is 3.61. The SMILES string of the molecule is CN(C(=O)C1CCCN(Cc2nc(-c3ccccc3)no2)C1)c1ccccc1. The van der Waals surface area contributed by atoms with Crippen molar-refractivity contribution >= 4 is 11.6 Å². The van der Waals surface area contributed by atoms with Gasteiger partial charge in [0.15, 0.2) is 0 Å². The minimum absolute atomic E-state index is 0.0181. The molecule has 1 fully saturated rings. The Balaban J connectivity index is 1.39. The molecule has 0 spiro atoms. The average Bonchev–Trinajstić information content (AvgIpc) is 3.22. The Morgan fingerprint density at radius 2 is 1.86 bits per heavy atom. The Hall–Kier alpha value is -2.99. The van der Waals surface area contributed by atoms with E-state index in [2.05, 4.69) is 15.0 Å². The third-order valence-electron chi connectivity index (χ3n) is 5.19. The maximum absolute atomic E-state index is 12.9. The van der Waals surface area contributed by atoms with E-state index in [4.69, 9.17) is 4.52 Å². The highest BCUT2D eigenvalue weighted by atomic mass is 16.5. The van der Waals surface area contributed by atoms with Crippen molar-refractivity contribution in [2.45, 2.75) is 19.4 Å². The third-order valence-corrected chi connectivity index (χ3v) is 5.19. The van der Waals surface area contributed by atoms with Crippen molar-refractivity contribution in [1.82, 2.24) is 15.0 Å². The second kappa shape index (κ2) is 8.35. The van der Waals surface area contributed by atoms with Gasteiger partial charge in [0.2, 0.25) is 17.6 Å². The molecule has 144 valence electrons. The lowest BCUT2D eigenvalue weighted by Crippen LogP contribution is -2.43. The normalized spacial score (nSPS) is 17.4. The molecule has 0 saturated carbocycles. The molecule has 1 aliphatic rings. The number of likely N-dealkylation sites (tertiary alicyclic amines) is 1. The van der Waals surface area contributed by atoms with E-state index in [1.54, 1.807) is 4.90 Å². The quantitative estimate of drug-likeness (QED) is 0.681. The molecule has 1 aliphatic heterocycles. The summed E-state index contributed by atoms with van der Waals surface area (Å²) in [6, 6.07) is 19.6. The molecule has 0 aliphatic carbocycles. The first-order chi connectivity index (χ1) is 13.7. The molecule has 1 saturated heterocycles. The zero-order chi connectivity index (χ0) is 19.3. The smallest absolute Gasteiger partial charge is 0.241 e. The van der Waals surface area contributed by atoms with Gasteiger partial charge in [-0.25, -0.2) is 0 Å². The van der Waals surface area contributed by atoms with E-state index in [9.17, 15) is 4.79 Å². The number of hydrogen-bond donors (Lipinski definition) is 0. The van der Waals surface area contributed by atoms with Crippen molar-refractivity contribution in [2.24, 2.45) is 5.92 Å². The zero-order valence-electron chi connectivity index (χ0n) is 16.0. The van der Waals surface area contributed by atoms with Crippen LogP contribution in [0.25, 0.3) is 11.4 Å². The number of anilines is 1. The van der Waals surface area contributed by atoms with Crippen molar-refractivity contribution in [3.63, 3.8) is 0 Å². The Labute approximate surface area is 164 Å². The molecule has 0 N–H and O–H groups in total. The third kappa shape index (κ3) is 4.12. The second-order valence-corrected chi connectivity index (χ2v) is 7.18. The molecule has 6 heteroatoms. The van der Waals surface area contributed by atoms with Crippen LogP contribution in [0.3, 0.4) is 0 Å². The fourth-order valence-electron chi connectivity index (χ4n) is 3.67. The highest BCUT2D eigenvalue weighted by Crippen LogP contribution is 2.23. The van der Waals surface area contributed by atoms with Gasteiger partial charge in [-0.05, 0) is 31.5 Å². The molecule has 0 radical (unpaired) electrons. The van der Waals surface area contributed by atoms with E-state index in [0.717, 1.165) is 30.6 Å². The molecular formula is C22H24N4O2. The van der Waals surface area contributed by atoms with Crippen LogP contribution in [-0.2, 0) is 11.3 Å². The van der Waals surface area contributed by atoms with Crippen LogP contribution in [0.15, 0.2) is 65.2 Å². The predicted molar refractivity (Wildman–Crippen MR) is 108 cm³/mol. The molecule has 4 rings (SSSR count). The van der Waals surface area contributed by atoms with E-state index >= 15 is 0 Å². The van der Waals surface area contributed by atoms with Crippen LogP contribution in [0.4, 0.5) is 5.69 Å². The summed E-state index contributed by atoms with van der Waals surface area (Å²) in [4.78, 5) is 21.4. The molecular weight excluding hydrogens is 352 g/mol. The lowest BCUT2D eigenvalue weighted by atomic mass is 9.96. The highest BCUT2D eigenvalue weighted by Gasteiger charge is 2.29. The first-order valence-electron chi connectivity index (χ1n) is 9.63. The summed E-state index contributed by atoms with van der Waals surface area (Å²) in [6.45, 7) is 2.21. The van der Waals surface area contributed by atoms with E-state index in [1.807, 2.05) is 67.7 Å². The van der Waals surface area contributed by atoms with Crippen molar-refractivity contribution in [3.8, 4) is 11.4 Å². The summed E-state index contributed by atoms with van der Waals surface area (Å²) in [7, 11) is 1.85. The van der Waals surface area contributed by atoms with Gasteiger partial charge in [0, 0.05) is 24.8 Å². The number of benzene rings is 2. The Kier molecular flexibility index (Phi) is 5.48. The second-order valence-electron chi connectivity index (χ2n) is 7.18. The number of rotatable bonds is 5. The molecule has 3 aromatic rings. The summed E-state index contributed by atoms with van der Waals surface area (Å²) in [6.07, 6.45) is 1.89. The van der Waals surface area contributed by atoms with Gasteiger partial charge in [-0.3, -0.25) is 9.69 Å². The Bertz CT molecular complexity index is 911. The van der Waals surface area contributed by atoms with Gasteiger partial charge in [-0.15, -0.1) is 0 Å². The van der Waals surface area contributed by atoms with Gasteiger partial charge in [-0.1, -0.05) is 53.7 Å². The summed E-state index contributed by atoms with van der Waals surface area (Å²) in [5, 5.41) is 4.09. The molecule has 0 bridgehead atoms. The largest absolute Gasteiger partial charge is 0.338 e. The van der Waals surface area contributed by atoms with Crippen LogP contribution in [0.2, 0.25) is 0 Å². The van der Waals surface area contributed by atoms with Gasteiger partial charge >= 0.3 is 0 Å². The van der Waals surface area contributed by atoms with E-state index < -0.39 is 0 Å². The Morgan fingerprint density at radius 1 is 1.14 bits per heavy atom. The summed E-state index contributed by atoms with van der Waals surface area (Å²) >= 11 is 0. The first kappa shape index (κ1) is 18.4. The fourth-order valence-corrected chi connectivity index (χ4v) is 3.67. The molecule has 1 unspecified atom stereocenters. The lowest BCUT2D eigenvalue weighted by molar-refractivity contribution is -0.123. The van der Waals surface area contributed by atoms with Crippen LogP contribution >= 0.6 is 0 Å². The number of piperidine rings is 1. The number of aromatic nitrogens is 2.